The molecule has 0 saturated carbocycles. The summed E-state index contributed by atoms with van der Waals surface area (Å²) in [7, 11) is 0. The molecule has 0 spiro atoms. The predicted molar refractivity (Wildman–Crippen MR) is 90.7 cm³/mol. The topological polar surface area (TPSA) is 38.0 Å². The van der Waals surface area contributed by atoms with Gasteiger partial charge in [0, 0.05) is 12.7 Å². The molecule has 3 rings (SSSR count). The minimum atomic E-state index is 0.214. The first-order chi connectivity index (χ1) is 10.7. The van der Waals surface area contributed by atoms with Crippen LogP contribution >= 0.6 is 11.6 Å². The summed E-state index contributed by atoms with van der Waals surface area (Å²) in [5, 5.41) is 11.8. The van der Waals surface area contributed by atoms with Crippen LogP contribution in [0.15, 0.2) is 36.5 Å². The Morgan fingerprint density at radius 3 is 2.41 bits per heavy atom. The van der Waals surface area contributed by atoms with Crippen LogP contribution in [0.5, 0.6) is 5.75 Å². The van der Waals surface area contributed by atoms with Crippen molar-refractivity contribution in [3.63, 3.8) is 0 Å². The Bertz CT molecular complexity index is 809. The van der Waals surface area contributed by atoms with Crippen LogP contribution in [-0.4, -0.2) is 14.7 Å². The maximum atomic E-state index is 10.5. The number of nitrogens with zero attached hydrogens (tertiary/aromatic N) is 2. The summed E-state index contributed by atoms with van der Waals surface area (Å²) in [6.07, 6.45) is 3.38. The van der Waals surface area contributed by atoms with Crippen molar-refractivity contribution in [1.29, 1.82) is 0 Å². The predicted octanol–water partition coefficient (Wildman–Crippen LogP) is 4.57. The van der Waals surface area contributed by atoms with Crippen LogP contribution in [0, 0.1) is 0 Å². The van der Waals surface area contributed by atoms with Gasteiger partial charge in [-0.05, 0) is 18.4 Å². The first kappa shape index (κ1) is 14.9. The van der Waals surface area contributed by atoms with E-state index in [1.807, 2.05) is 31.3 Å². The molecular weight excluding hydrogens is 296 g/mol. The second-order valence-electron chi connectivity index (χ2n) is 5.38. The number of hydrogen-bond donors (Lipinski definition) is 1. The lowest BCUT2D eigenvalue weighted by Crippen LogP contribution is -2.03. The molecule has 4 heteroatoms. The molecule has 0 aliphatic rings. The van der Waals surface area contributed by atoms with Gasteiger partial charge in [-0.15, -0.1) is 0 Å². The van der Waals surface area contributed by atoms with Gasteiger partial charge in [-0.25, -0.2) is 0 Å². The highest BCUT2D eigenvalue weighted by molar-refractivity contribution is 6.36. The summed E-state index contributed by atoms with van der Waals surface area (Å²) in [6.45, 7) is 4.78. The van der Waals surface area contributed by atoms with Crippen molar-refractivity contribution in [3.05, 3.63) is 58.5 Å². The van der Waals surface area contributed by atoms with Crippen LogP contribution in [0.1, 0.15) is 30.8 Å². The second kappa shape index (κ2) is 6.01. The first-order valence-corrected chi connectivity index (χ1v) is 7.96. The lowest BCUT2D eigenvalue weighted by molar-refractivity contribution is 0.471. The van der Waals surface area contributed by atoms with Crippen molar-refractivity contribution in [1.82, 2.24) is 9.55 Å². The fourth-order valence-corrected chi connectivity index (χ4v) is 3.17. The van der Waals surface area contributed by atoms with Crippen molar-refractivity contribution in [2.45, 2.75) is 33.2 Å². The van der Waals surface area contributed by atoms with Gasteiger partial charge in [-0.3, -0.25) is 4.98 Å². The molecule has 3 aromatic rings. The average molecular weight is 315 g/mol. The van der Waals surface area contributed by atoms with Crippen molar-refractivity contribution in [2.24, 2.45) is 0 Å². The van der Waals surface area contributed by atoms with Gasteiger partial charge in [0.05, 0.1) is 27.3 Å². The van der Waals surface area contributed by atoms with Crippen molar-refractivity contribution >= 4 is 22.5 Å². The van der Waals surface area contributed by atoms with Crippen molar-refractivity contribution in [3.8, 4) is 5.75 Å². The maximum Gasteiger partial charge on any atom is 0.147 e. The van der Waals surface area contributed by atoms with E-state index in [-0.39, 0.29) is 5.75 Å². The number of fused-ring (bicyclic) bond motifs is 1. The lowest BCUT2D eigenvalue weighted by Gasteiger charge is -2.11. The molecule has 0 aliphatic heterocycles. The van der Waals surface area contributed by atoms with Crippen LogP contribution in [0.2, 0.25) is 5.02 Å². The molecule has 0 radical (unpaired) electrons. The molecule has 0 bridgehead atoms. The molecule has 1 aromatic carbocycles. The number of aromatic nitrogens is 2. The molecular formula is C18H19ClN2O. The normalized spacial score (nSPS) is 11.2. The zero-order valence-corrected chi connectivity index (χ0v) is 13.6. The fourth-order valence-electron chi connectivity index (χ4n) is 2.87. The van der Waals surface area contributed by atoms with Crippen LogP contribution in [0.25, 0.3) is 10.9 Å². The molecule has 0 fully saturated rings. The Balaban J connectivity index is 2.22. The van der Waals surface area contributed by atoms with Gasteiger partial charge in [0.25, 0.3) is 0 Å². The number of halogens is 1. The summed E-state index contributed by atoms with van der Waals surface area (Å²) in [5.74, 6) is 0.214. The zero-order valence-electron chi connectivity index (χ0n) is 12.8. The number of benzene rings is 1. The van der Waals surface area contributed by atoms with E-state index in [0.29, 0.717) is 23.7 Å². The molecule has 3 nitrogen and oxygen atoms in total. The third-order valence-electron chi connectivity index (χ3n) is 3.95. The fraction of sp³-hybridized carbons (Fsp3) is 0.278. The minimum Gasteiger partial charge on any atom is -0.505 e. The summed E-state index contributed by atoms with van der Waals surface area (Å²) in [5.41, 5.74) is 3.82. The third-order valence-corrected chi connectivity index (χ3v) is 4.24. The molecule has 0 amide bonds. The van der Waals surface area contributed by atoms with Crippen molar-refractivity contribution in [2.75, 3.05) is 0 Å². The van der Waals surface area contributed by atoms with E-state index in [2.05, 4.69) is 28.6 Å². The SMILES string of the molecule is CCc1nc(CC)c2c(c(Cl)cn2Cc2ccccc2)c1O. The van der Waals surface area contributed by atoms with Gasteiger partial charge in [-0.1, -0.05) is 55.8 Å². The lowest BCUT2D eigenvalue weighted by atomic mass is 10.1. The maximum absolute atomic E-state index is 10.5. The number of rotatable bonds is 4. The minimum absolute atomic E-state index is 0.214. The smallest absolute Gasteiger partial charge is 0.147 e. The Kier molecular flexibility index (Phi) is 4.08. The Labute approximate surface area is 135 Å². The van der Waals surface area contributed by atoms with E-state index in [9.17, 15) is 5.11 Å². The highest BCUT2D eigenvalue weighted by Crippen LogP contribution is 2.37. The average Bonchev–Trinajstić information content (AvgIpc) is 2.86. The van der Waals surface area contributed by atoms with Gasteiger partial charge < -0.3 is 9.67 Å². The number of aromatic hydroxyl groups is 1. The zero-order chi connectivity index (χ0) is 15.7. The van der Waals surface area contributed by atoms with Crippen LogP contribution < -0.4 is 0 Å². The van der Waals surface area contributed by atoms with E-state index in [1.165, 1.54) is 5.56 Å². The molecule has 114 valence electrons. The monoisotopic (exact) mass is 314 g/mol. The molecule has 2 aromatic heterocycles. The molecule has 0 atom stereocenters. The Morgan fingerprint density at radius 1 is 1.09 bits per heavy atom. The van der Waals surface area contributed by atoms with E-state index < -0.39 is 0 Å². The molecule has 0 aliphatic carbocycles. The summed E-state index contributed by atoms with van der Waals surface area (Å²) in [6, 6.07) is 10.2. The van der Waals surface area contributed by atoms with Crippen LogP contribution in [0.3, 0.4) is 0 Å². The quantitative estimate of drug-likeness (QED) is 0.766. The summed E-state index contributed by atoms with van der Waals surface area (Å²) < 4.78 is 2.08. The number of pyridine rings is 1. The van der Waals surface area contributed by atoms with Gasteiger partial charge >= 0.3 is 0 Å². The Morgan fingerprint density at radius 2 is 1.77 bits per heavy atom. The number of aryl methyl sites for hydroxylation is 2. The molecule has 1 N–H and O–H groups in total. The largest absolute Gasteiger partial charge is 0.505 e. The van der Waals surface area contributed by atoms with Gasteiger partial charge in [0.15, 0.2) is 0 Å². The molecule has 0 unspecified atom stereocenters. The van der Waals surface area contributed by atoms with Gasteiger partial charge in [-0.2, -0.15) is 0 Å². The summed E-state index contributed by atoms with van der Waals surface area (Å²) in [4.78, 5) is 4.62. The van der Waals surface area contributed by atoms with E-state index in [1.54, 1.807) is 0 Å². The Hall–Kier alpha value is -2.00. The highest BCUT2D eigenvalue weighted by Gasteiger charge is 2.18. The standard InChI is InChI=1S/C18H19ClN2O/c1-3-14-17-16(18(22)15(4-2)20-14)13(19)11-21(17)10-12-8-6-5-7-9-12/h5-9,11,22H,3-4,10H2,1-2H3. The van der Waals surface area contributed by atoms with Gasteiger partial charge in [0.2, 0.25) is 0 Å². The van der Waals surface area contributed by atoms with Crippen molar-refractivity contribution < 1.29 is 5.11 Å². The van der Waals surface area contributed by atoms with E-state index in [0.717, 1.165) is 23.0 Å². The van der Waals surface area contributed by atoms with Crippen LogP contribution in [-0.2, 0) is 19.4 Å². The van der Waals surface area contributed by atoms with E-state index >= 15 is 0 Å². The second-order valence-corrected chi connectivity index (χ2v) is 5.78. The molecule has 0 saturated heterocycles. The third kappa shape index (κ3) is 2.46. The first-order valence-electron chi connectivity index (χ1n) is 7.58. The molecule has 2 heterocycles. The molecule has 22 heavy (non-hydrogen) atoms. The van der Waals surface area contributed by atoms with E-state index in [4.69, 9.17) is 11.6 Å². The highest BCUT2D eigenvalue weighted by atomic mass is 35.5. The number of hydrogen-bond acceptors (Lipinski definition) is 2. The summed E-state index contributed by atoms with van der Waals surface area (Å²) >= 11 is 6.40. The van der Waals surface area contributed by atoms with Crippen LogP contribution in [0.4, 0.5) is 0 Å². The van der Waals surface area contributed by atoms with Gasteiger partial charge in [0.1, 0.15) is 5.75 Å².